The Hall–Kier alpha value is -3.08. The standard InChI is InChI=1S/C32H43N2O9P/c1-6-39-42-44(38,43-40-22-25-14-8-7-9-15-25)23-31(19-12-13-20-31)28(36)33-32(30(3,4)5)21-18-26-16-10-11-17-27(26)34(29(32)37)41-24(2)35/h7-11,14-17H,6,12-13,18-23H2,1-5H3,(H,33,36)/t32-,44?/m1/s1. The number of carbonyl (C=O) groups is 3. The van der Waals surface area contributed by atoms with E-state index in [1.807, 2.05) is 63.2 Å². The quantitative estimate of drug-likeness (QED) is 0.165. The summed E-state index contributed by atoms with van der Waals surface area (Å²) in [4.78, 5) is 57.0. The van der Waals surface area contributed by atoms with Crippen LogP contribution in [0.4, 0.5) is 5.69 Å². The number of hydroxylamine groups is 1. The van der Waals surface area contributed by atoms with Crippen LogP contribution in [-0.4, -0.2) is 36.1 Å². The molecule has 240 valence electrons. The van der Waals surface area contributed by atoms with Crippen molar-refractivity contribution < 1.29 is 42.9 Å². The number of anilines is 1. The molecule has 1 unspecified atom stereocenters. The second-order valence-corrected chi connectivity index (χ2v) is 14.3. The van der Waals surface area contributed by atoms with Crippen LogP contribution in [-0.2, 0) is 55.9 Å². The monoisotopic (exact) mass is 630 g/mol. The summed E-state index contributed by atoms with van der Waals surface area (Å²) in [5, 5.41) is 4.11. The number of benzene rings is 2. The van der Waals surface area contributed by atoms with Gasteiger partial charge in [0.1, 0.15) is 12.1 Å². The van der Waals surface area contributed by atoms with Crippen LogP contribution in [0.25, 0.3) is 0 Å². The van der Waals surface area contributed by atoms with E-state index in [0.717, 1.165) is 16.2 Å². The van der Waals surface area contributed by atoms with Gasteiger partial charge in [-0.05, 0) is 55.2 Å². The lowest BCUT2D eigenvalue weighted by atomic mass is 9.69. The Morgan fingerprint density at radius 1 is 0.955 bits per heavy atom. The second kappa shape index (κ2) is 13.9. The smallest absolute Gasteiger partial charge is 0.341 e. The van der Waals surface area contributed by atoms with Gasteiger partial charge in [-0.15, -0.1) is 14.4 Å². The fourth-order valence-electron chi connectivity index (χ4n) is 6.00. The largest absolute Gasteiger partial charge is 0.385 e. The molecule has 0 spiro atoms. The average Bonchev–Trinajstić information content (AvgIpc) is 3.42. The number of carbonyl (C=O) groups excluding carboxylic acids is 3. The Kier molecular flexibility index (Phi) is 10.7. The Bertz CT molecular complexity index is 1370. The van der Waals surface area contributed by atoms with Gasteiger partial charge in [0.05, 0.1) is 23.9 Å². The molecule has 1 saturated carbocycles. The van der Waals surface area contributed by atoms with Crippen molar-refractivity contribution in [2.75, 3.05) is 17.8 Å². The molecule has 1 heterocycles. The molecule has 0 bridgehead atoms. The zero-order chi connectivity index (χ0) is 32.0. The predicted octanol–water partition coefficient (Wildman–Crippen LogP) is 6.22. The minimum absolute atomic E-state index is 0.00763. The molecule has 1 aliphatic heterocycles. The van der Waals surface area contributed by atoms with Gasteiger partial charge in [-0.3, -0.25) is 14.2 Å². The zero-order valence-electron chi connectivity index (χ0n) is 26.1. The van der Waals surface area contributed by atoms with E-state index in [-0.39, 0.29) is 25.8 Å². The minimum atomic E-state index is -4.13. The van der Waals surface area contributed by atoms with Gasteiger partial charge in [0, 0.05) is 6.92 Å². The predicted molar refractivity (Wildman–Crippen MR) is 163 cm³/mol. The molecule has 0 aromatic heterocycles. The molecule has 11 nitrogen and oxygen atoms in total. The molecule has 2 aromatic rings. The van der Waals surface area contributed by atoms with Crippen molar-refractivity contribution in [3.05, 3.63) is 65.7 Å². The molecule has 1 fully saturated rings. The van der Waals surface area contributed by atoms with E-state index in [1.54, 1.807) is 19.1 Å². The van der Waals surface area contributed by atoms with Crippen LogP contribution in [0.3, 0.4) is 0 Å². The number of aryl methyl sites for hydroxylation is 1. The van der Waals surface area contributed by atoms with Crippen LogP contribution in [0.5, 0.6) is 0 Å². The maximum Gasteiger partial charge on any atom is 0.385 e. The summed E-state index contributed by atoms with van der Waals surface area (Å²) in [6, 6.07) is 16.4. The normalized spacial score (nSPS) is 21.2. The molecule has 1 N–H and O–H groups in total. The summed E-state index contributed by atoms with van der Waals surface area (Å²) in [5.41, 5.74) is -1.46. The molecule has 2 amide bonds. The molecular weight excluding hydrogens is 587 g/mol. The van der Waals surface area contributed by atoms with Gasteiger partial charge in [0.15, 0.2) is 0 Å². The highest BCUT2D eigenvalue weighted by Gasteiger charge is 2.57. The van der Waals surface area contributed by atoms with Gasteiger partial charge < -0.3 is 10.2 Å². The van der Waals surface area contributed by atoms with Gasteiger partial charge in [0.25, 0.3) is 5.91 Å². The second-order valence-electron chi connectivity index (χ2n) is 12.5. The summed E-state index contributed by atoms with van der Waals surface area (Å²) in [7, 11) is -4.13. The summed E-state index contributed by atoms with van der Waals surface area (Å²) in [6.07, 6.45) is 2.55. The minimum Gasteiger partial charge on any atom is -0.341 e. The Morgan fingerprint density at radius 2 is 1.59 bits per heavy atom. The fraction of sp³-hybridized carbons (Fsp3) is 0.531. The lowest BCUT2D eigenvalue weighted by Crippen LogP contribution is -2.68. The molecule has 2 aliphatic rings. The van der Waals surface area contributed by atoms with E-state index in [9.17, 15) is 18.9 Å². The average molecular weight is 631 g/mol. The van der Waals surface area contributed by atoms with Crippen molar-refractivity contribution in [3.8, 4) is 0 Å². The van der Waals surface area contributed by atoms with Gasteiger partial charge in [-0.25, -0.2) is 14.6 Å². The van der Waals surface area contributed by atoms with Crippen molar-refractivity contribution in [1.82, 2.24) is 5.32 Å². The van der Waals surface area contributed by atoms with Gasteiger partial charge in [-0.2, -0.15) is 0 Å². The SMILES string of the molecule is CCOOP(=O)(CC1(C(=O)N[C@]2(C(C)(C)C)CCc3ccccc3N(OC(C)=O)C2=O)CCCC1)OOCc1ccccc1. The van der Waals surface area contributed by atoms with Crippen LogP contribution >= 0.6 is 7.60 Å². The number of hydrogen-bond donors (Lipinski definition) is 1. The maximum atomic E-state index is 14.5. The maximum absolute atomic E-state index is 14.5. The van der Waals surface area contributed by atoms with Crippen molar-refractivity contribution in [2.24, 2.45) is 10.8 Å². The Morgan fingerprint density at radius 3 is 2.23 bits per heavy atom. The first-order valence-corrected chi connectivity index (χ1v) is 16.8. The number of amides is 2. The summed E-state index contributed by atoms with van der Waals surface area (Å²) < 4.78 is 24.7. The van der Waals surface area contributed by atoms with Crippen LogP contribution in [0.2, 0.25) is 0 Å². The third kappa shape index (κ3) is 7.41. The van der Waals surface area contributed by atoms with Crippen molar-refractivity contribution in [3.63, 3.8) is 0 Å². The van der Waals surface area contributed by atoms with E-state index in [1.165, 1.54) is 6.92 Å². The summed E-state index contributed by atoms with van der Waals surface area (Å²) in [5.74, 6) is -1.69. The van der Waals surface area contributed by atoms with Crippen LogP contribution in [0, 0.1) is 10.8 Å². The molecular formula is C32H43N2O9P. The third-order valence-corrected chi connectivity index (χ3v) is 10.1. The number of nitrogens with zero attached hydrogens (tertiary/aromatic N) is 1. The van der Waals surface area contributed by atoms with Crippen molar-refractivity contribution >= 4 is 31.1 Å². The van der Waals surface area contributed by atoms with Gasteiger partial charge in [-0.1, -0.05) is 82.1 Å². The van der Waals surface area contributed by atoms with Crippen molar-refractivity contribution in [1.29, 1.82) is 0 Å². The first-order chi connectivity index (χ1) is 20.8. The van der Waals surface area contributed by atoms with Crippen molar-refractivity contribution in [2.45, 2.75) is 85.3 Å². The van der Waals surface area contributed by atoms with Crippen LogP contribution in [0.1, 0.15) is 77.8 Å². The number of fused-ring (bicyclic) bond motifs is 1. The third-order valence-electron chi connectivity index (χ3n) is 8.41. The Balaban J connectivity index is 1.65. The summed E-state index contributed by atoms with van der Waals surface area (Å²) >= 11 is 0. The zero-order valence-corrected chi connectivity index (χ0v) is 27.0. The molecule has 0 radical (unpaired) electrons. The van der Waals surface area contributed by atoms with E-state index >= 15 is 0 Å². The topological polar surface area (TPSA) is 130 Å². The molecule has 1 aliphatic carbocycles. The molecule has 0 saturated heterocycles. The van der Waals surface area contributed by atoms with Crippen LogP contribution in [0.15, 0.2) is 54.6 Å². The van der Waals surface area contributed by atoms with E-state index in [4.69, 9.17) is 24.0 Å². The molecule has 2 atom stereocenters. The fourth-order valence-corrected chi connectivity index (χ4v) is 7.81. The first kappa shape index (κ1) is 33.8. The number of para-hydroxylation sites is 1. The number of rotatable bonds is 12. The van der Waals surface area contributed by atoms with E-state index < -0.39 is 41.7 Å². The molecule has 4 rings (SSSR count). The van der Waals surface area contributed by atoms with Gasteiger partial charge in [0.2, 0.25) is 5.91 Å². The highest BCUT2D eigenvalue weighted by molar-refractivity contribution is 7.53. The molecule has 44 heavy (non-hydrogen) atoms. The Labute approximate surface area is 258 Å². The number of nitrogens with one attached hydrogen (secondary N) is 1. The highest BCUT2D eigenvalue weighted by Crippen LogP contribution is 2.57. The summed E-state index contributed by atoms with van der Waals surface area (Å²) in [6.45, 7) is 8.58. The van der Waals surface area contributed by atoms with Gasteiger partial charge >= 0.3 is 13.6 Å². The van der Waals surface area contributed by atoms with Crippen LogP contribution < -0.4 is 10.4 Å². The highest BCUT2D eigenvalue weighted by atomic mass is 31.2. The molecule has 12 heteroatoms. The number of hydrogen-bond acceptors (Lipinski definition) is 9. The van der Waals surface area contributed by atoms with E-state index in [0.29, 0.717) is 37.8 Å². The lowest BCUT2D eigenvalue weighted by molar-refractivity contribution is -0.271. The lowest BCUT2D eigenvalue weighted by Gasteiger charge is -2.46. The first-order valence-electron chi connectivity index (χ1n) is 15.0. The molecule has 2 aromatic carbocycles. The van der Waals surface area contributed by atoms with E-state index in [2.05, 4.69) is 5.32 Å².